The molecule has 1 fully saturated rings. The van der Waals surface area contributed by atoms with Crippen LogP contribution in [0.25, 0.3) is 0 Å². The highest BCUT2D eigenvalue weighted by Crippen LogP contribution is 2.18. The lowest BCUT2D eigenvalue weighted by atomic mass is 10.0. The molecule has 1 unspecified atom stereocenters. The largest absolute Gasteiger partial charge is 0.367 e. The summed E-state index contributed by atoms with van der Waals surface area (Å²) in [6, 6.07) is 4.04. The van der Waals surface area contributed by atoms with E-state index in [4.69, 9.17) is 10.5 Å². The molecule has 1 atom stereocenters. The van der Waals surface area contributed by atoms with Crippen molar-refractivity contribution in [2.75, 3.05) is 19.7 Å². The van der Waals surface area contributed by atoms with E-state index < -0.39 is 11.5 Å². The third kappa shape index (κ3) is 2.86. The second-order valence-electron chi connectivity index (χ2n) is 4.96. The van der Waals surface area contributed by atoms with Crippen molar-refractivity contribution in [1.82, 2.24) is 9.88 Å². The Balaban J connectivity index is 2.02. The Labute approximate surface area is 107 Å². The molecule has 18 heavy (non-hydrogen) atoms. The molecule has 0 bridgehead atoms. The molecule has 1 amide bonds. The summed E-state index contributed by atoms with van der Waals surface area (Å²) in [6.45, 7) is 6.32. The van der Waals surface area contributed by atoms with Crippen LogP contribution in [0.1, 0.15) is 18.2 Å². The van der Waals surface area contributed by atoms with Crippen molar-refractivity contribution < 1.29 is 9.53 Å². The number of nitrogens with zero attached hydrogens (tertiary/aromatic N) is 2. The van der Waals surface area contributed by atoms with Gasteiger partial charge in [-0.15, -0.1) is 0 Å². The van der Waals surface area contributed by atoms with Crippen molar-refractivity contribution in [2.24, 2.45) is 5.73 Å². The SMILES string of the molecule is Cc1ccc(CN2CCOC(C)(C(N)=O)C2)cn1. The number of aryl methyl sites for hydroxylation is 1. The van der Waals surface area contributed by atoms with Crippen molar-refractivity contribution in [3.63, 3.8) is 0 Å². The minimum atomic E-state index is -0.879. The van der Waals surface area contributed by atoms with E-state index in [1.165, 1.54) is 0 Å². The van der Waals surface area contributed by atoms with Gasteiger partial charge >= 0.3 is 0 Å². The van der Waals surface area contributed by atoms with Crippen LogP contribution in [0.4, 0.5) is 0 Å². The normalized spacial score (nSPS) is 25.0. The molecule has 0 saturated carbocycles. The standard InChI is InChI=1S/C13H19N3O2/c1-10-3-4-11(7-15-10)8-16-5-6-18-13(2,9-16)12(14)17/h3-4,7H,5-6,8-9H2,1-2H3,(H2,14,17). The monoisotopic (exact) mass is 249 g/mol. The van der Waals surface area contributed by atoms with Gasteiger partial charge in [-0.1, -0.05) is 6.07 Å². The van der Waals surface area contributed by atoms with Gasteiger partial charge in [0.1, 0.15) is 0 Å². The fourth-order valence-electron chi connectivity index (χ4n) is 2.09. The van der Waals surface area contributed by atoms with Gasteiger partial charge in [-0.2, -0.15) is 0 Å². The Morgan fingerprint density at radius 3 is 3.00 bits per heavy atom. The van der Waals surface area contributed by atoms with E-state index in [1.807, 2.05) is 19.2 Å². The van der Waals surface area contributed by atoms with E-state index in [0.29, 0.717) is 13.2 Å². The lowest BCUT2D eigenvalue weighted by Gasteiger charge is -2.38. The number of nitrogens with two attached hydrogens (primary N) is 1. The molecule has 1 aliphatic rings. The van der Waals surface area contributed by atoms with Gasteiger partial charge in [-0.3, -0.25) is 14.7 Å². The van der Waals surface area contributed by atoms with Crippen LogP contribution in [-0.4, -0.2) is 41.1 Å². The molecule has 5 nitrogen and oxygen atoms in total. The van der Waals surface area contributed by atoms with Crippen molar-refractivity contribution in [3.8, 4) is 0 Å². The van der Waals surface area contributed by atoms with Crippen LogP contribution in [0.2, 0.25) is 0 Å². The summed E-state index contributed by atoms with van der Waals surface area (Å²) in [4.78, 5) is 17.8. The molecular formula is C13H19N3O2. The number of hydrogen-bond donors (Lipinski definition) is 1. The number of pyridine rings is 1. The number of hydrogen-bond acceptors (Lipinski definition) is 4. The minimum absolute atomic E-state index is 0.408. The van der Waals surface area contributed by atoms with Gasteiger partial charge in [0.2, 0.25) is 0 Å². The van der Waals surface area contributed by atoms with Gasteiger partial charge in [-0.25, -0.2) is 0 Å². The van der Waals surface area contributed by atoms with E-state index >= 15 is 0 Å². The maximum Gasteiger partial charge on any atom is 0.250 e. The van der Waals surface area contributed by atoms with Gasteiger partial charge in [0, 0.05) is 31.5 Å². The zero-order valence-corrected chi connectivity index (χ0v) is 10.8. The average Bonchev–Trinajstić information content (AvgIpc) is 2.32. The van der Waals surface area contributed by atoms with Gasteiger partial charge in [-0.05, 0) is 25.5 Å². The zero-order valence-electron chi connectivity index (χ0n) is 10.8. The zero-order chi connectivity index (χ0) is 13.2. The second-order valence-corrected chi connectivity index (χ2v) is 4.96. The minimum Gasteiger partial charge on any atom is -0.367 e. The van der Waals surface area contributed by atoms with Crippen LogP contribution in [0, 0.1) is 6.92 Å². The van der Waals surface area contributed by atoms with Crippen molar-refractivity contribution in [2.45, 2.75) is 26.0 Å². The van der Waals surface area contributed by atoms with Gasteiger partial charge in [0.15, 0.2) is 5.60 Å². The molecule has 0 aromatic carbocycles. The van der Waals surface area contributed by atoms with E-state index in [-0.39, 0.29) is 0 Å². The van der Waals surface area contributed by atoms with Crippen molar-refractivity contribution in [3.05, 3.63) is 29.6 Å². The Morgan fingerprint density at radius 1 is 1.61 bits per heavy atom. The third-order valence-electron chi connectivity index (χ3n) is 3.25. The molecule has 1 saturated heterocycles. The first kappa shape index (κ1) is 13.0. The highest BCUT2D eigenvalue weighted by molar-refractivity contribution is 5.83. The maximum absolute atomic E-state index is 11.4. The van der Waals surface area contributed by atoms with Crippen LogP contribution in [-0.2, 0) is 16.1 Å². The summed E-state index contributed by atoms with van der Waals surface area (Å²) >= 11 is 0. The predicted molar refractivity (Wildman–Crippen MR) is 67.8 cm³/mol. The van der Waals surface area contributed by atoms with Crippen LogP contribution >= 0.6 is 0 Å². The number of aromatic nitrogens is 1. The fourth-order valence-corrected chi connectivity index (χ4v) is 2.09. The topological polar surface area (TPSA) is 68.5 Å². The summed E-state index contributed by atoms with van der Waals surface area (Å²) in [5, 5.41) is 0. The number of amides is 1. The molecule has 2 heterocycles. The molecule has 0 radical (unpaired) electrons. The molecule has 98 valence electrons. The number of rotatable bonds is 3. The average molecular weight is 249 g/mol. The molecule has 1 aliphatic heterocycles. The van der Waals surface area contributed by atoms with Gasteiger partial charge in [0.25, 0.3) is 5.91 Å². The molecule has 1 aromatic rings. The number of primary amides is 1. The van der Waals surface area contributed by atoms with Crippen LogP contribution in [0.3, 0.4) is 0 Å². The fraction of sp³-hybridized carbons (Fsp3) is 0.538. The first-order valence-electron chi connectivity index (χ1n) is 6.07. The number of carbonyl (C=O) groups excluding carboxylic acids is 1. The Morgan fingerprint density at radius 2 is 2.39 bits per heavy atom. The van der Waals surface area contributed by atoms with E-state index in [9.17, 15) is 4.79 Å². The van der Waals surface area contributed by atoms with E-state index in [2.05, 4.69) is 16.0 Å². The molecular weight excluding hydrogens is 230 g/mol. The summed E-state index contributed by atoms with van der Waals surface area (Å²) in [5.74, 6) is -0.408. The molecule has 5 heteroatoms. The molecule has 2 rings (SSSR count). The highest BCUT2D eigenvalue weighted by atomic mass is 16.5. The van der Waals surface area contributed by atoms with E-state index in [1.54, 1.807) is 6.92 Å². The first-order chi connectivity index (χ1) is 8.49. The predicted octanol–water partition coefficient (Wildman–Crippen LogP) is 0.466. The van der Waals surface area contributed by atoms with Gasteiger partial charge < -0.3 is 10.5 Å². The van der Waals surface area contributed by atoms with Crippen LogP contribution in [0.15, 0.2) is 18.3 Å². The molecule has 1 aromatic heterocycles. The first-order valence-corrected chi connectivity index (χ1v) is 6.07. The summed E-state index contributed by atoms with van der Waals surface area (Å²) in [6.07, 6.45) is 1.87. The summed E-state index contributed by atoms with van der Waals surface area (Å²) in [7, 11) is 0. The number of ether oxygens (including phenoxy) is 1. The lowest BCUT2D eigenvalue weighted by Crippen LogP contribution is -2.56. The van der Waals surface area contributed by atoms with Crippen LogP contribution in [0.5, 0.6) is 0 Å². The smallest absolute Gasteiger partial charge is 0.250 e. The molecule has 2 N–H and O–H groups in total. The Bertz CT molecular complexity index is 432. The third-order valence-corrected chi connectivity index (χ3v) is 3.25. The summed E-state index contributed by atoms with van der Waals surface area (Å²) < 4.78 is 5.48. The van der Waals surface area contributed by atoms with Crippen LogP contribution < -0.4 is 5.73 Å². The Kier molecular flexibility index (Phi) is 3.63. The molecule has 0 aliphatic carbocycles. The summed E-state index contributed by atoms with van der Waals surface area (Å²) in [5.41, 5.74) is 6.63. The van der Waals surface area contributed by atoms with Gasteiger partial charge in [0.05, 0.1) is 6.61 Å². The lowest BCUT2D eigenvalue weighted by molar-refractivity contribution is -0.153. The van der Waals surface area contributed by atoms with E-state index in [0.717, 1.165) is 24.3 Å². The van der Waals surface area contributed by atoms with Crippen molar-refractivity contribution in [1.29, 1.82) is 0 Å². The highest BCUT2D eigenvalue weighted by Gasteiger charge is 2.37. The number of carbonyl (C=O) groups is 1. The molecule has 0 spiro atoms. The quantitative estimate of drug-likeness (QED) is 0.845. The number of morpholine rings is 1. The Hall–Kier alpha value is -1.46. The van der Waals surface area contributed by atoms with Crippen molar-refractivity contribution >= 4 is 5.91 Å². The second kappa shape index (κ2) is 5.04. The maximum atomic E-state index is 11.4.